The first kappa shape index (κ1) is 34.8. The SMILES string of the molecule is CC1(C)c2cc3cccnc3[c-]c2-c2nccc3cc([Si](C)(C)C)cc1c23.CCC(CC)C(=O)/C=C(\O)C(CC)CC.[Ir]. The van der Waals surface area contributed by atoms with Gasteiger partial charge < -0.3 is 10.1 Å². The second-order valence-corrected chi connectivity index (χ2v) is 18.2. The Morgan fingerprint density at radius 3 is 2.16 bits per heavy atom. The second-order valence-electron chi connectivity index (χ2n) is 13.2. The molecular weight excluding hydrogens is 725 g/mol. The maximum absolute atomic E-state index is 11.7. The van der Waals surface area contributed by atoms with Crippen LogP contribution in [-0.4, -0.2) is 28.9 Å². The molecule has 0 saturated heterocycles. The van der Waals surface area contributed by atoms with Gasteiger partial charge in [0.15, 0.2) is 5.78 Å². The van der Waals surface area contributed by atoms with E-state index in [2.05, 4.69) is 74.9 Å². The molecule has 0 fully saturated rings. The molecule has 4 nitrogen and oxygen atoms in total. The summed E-state index contributed by atoms with van der Waals surface area (Å²) in [6.07, 6.45) is 8.68. The number of fused-ring (bicyclic) bond motifs is 3. The fourth-order valence-electron chi connectivity index (χ4n) is 6.09. The molecule has 0 amide bonds. The smallest absolute Gasteiger partial charge is 0.162 e. The zero-order chi connectivity index (χ0) is 30.8. The van der Waals surface area contributed by atoms with Gasteiger partial charge in [-0.1, -0.05) is 96.0 Å². The largest absolute Gasteiger partial charge is 0.512 e. The number of hydrogen-bond acceptors (Lipinski definition) is 4. The number of carbonyl (C=O) groups excluding carboxylic acids is 1. The molecule has 0 bridgehead atoms. The van der Waals surface area contributed by atoms with Crippen LogP contribution in [0.25, 0.3) is 32.9 Å². The molecule has 231 valence electrons. The monoisotopic (exact) mass is 772 g/mol. The average Bonchev–Trinajstić information content (AvgIpc) is 2.96. The van der Waals surface area contributed by atoms with E-state index < -0.39 is 8.07 Å². The minimum Gasteiger partial charge on any atom is -0.512 e. The van der Waals surface area contributed by atoms with Crippen LogP contribution in [0, 0.1) is 17.9 Å². The van der Waals surface area contributed by atoms with Gasteiger partial charge in [0.05, 0.1) is 13.8 Å². The van der Waals surface area contributed by atoms with E-state index in [1.165, 1.54) is 33.2 Å². The first-order valence-corrected chi connectivity index (χ1v) is 19.1. The number of carbonyl (C=O) groups is 1. The molecule has 0 unspecified atom stereocenters. The fourth-order valence-corrected chi connectivity index (χ4v) is 7.25. The van der Waals surface area contributed by atoms with Crippen LogP contribution in [0.15, 0.2) is 60.6 Å². The Balaban J connectivity index is 0.000000274. The van der Waals surface area contributed by atoms with E-state index in [-0.39, 0.29) is 48.9 Å². The predicted octanol–water partition coefficient (Wildman–Crippen LogP) is 9.30. The Hall–Kier alpha value is -2.66. The minimum absolute atomic E-state index is 0. The molecule has 6 heteroatoms. The first-order chi connectivity index (χ1) is 19.9. The van der Waals surface area contributed by atoms with Crippen molar-refractivity contribution in [2.24, 2.45) is 11.8 Å². The molecule has 1 N–H and O–H groups in total. The van der Waals surface area contributed by atoms with Crippen LogP contribution in [0.5, 0.6) is 0 Å². The Morgan fingerprint density at radius 1 is 0.907 bits per heavy atom. The summed E-state index contributed by atoms with van der Waals surface area (Å²) in [6, 6.07) is 17.0. The molecule has 43 heavy (non-hydrogen) atoms. The van der Waals surface area contributed by atoms with Crippen LogP contribution in [0.2, 0.25) is 19.6 Å². The van der Waals surface area contributed by atoms with Gasteiger partial charge in [0.2, 0.25) is 0 Å². The predicted molar refractivity (Wildman–Crippen MR) is 180 cm³/mol. The molecule has 0 saturated carbocycles. The van der Waals surface area contributed by atoms with Gasteiger partial charge >= 0.3 is 0 Å². The summed E-state index contributed by atoms with van der Waals surface area (Å²) >= 11 is 0. The van der Waals surface area contributed by atoms with E-state index in [1.807, 2.05) is 46.2 Å². The molecule has 0 spiro atoms. The number of hydrogen-bond donors (Lipinski definition) is 1. The summed E-state index contributed by atoms with van der Waals surface area (Å²) in [7, 11) is -1.43. The minimum atomic E-state index is -1.43. The van der Waals surface area contributed by atoms with Crippen molar-refractivity contribution in [3.8, 4) is 11.3 Å². The molecule has 4 aromatic rings. The number of benzene rings is 2. The molecule has 0 aliphatic heterocycles. The van der Waals surface area contributed by atoms with Crippen LogP contribution < -0.4 is 5.19 Å². The zero-order valence-electron chi connectivity index (χ0n) is 27.3. The number of allylic oxidation sites excluding steroid dienone is 2. The van der Waals surface area contributed by atoms with Crippen molar-refractivity contribution in [1.29, 1.82) is 0 Å². The van der Waals surface area contributed by atoms with Gasteiger partial charge in [0.25, 0.3) is 0 Å². The normalized spacial score (nSPS) is 13.9. The molecule has 2 aromatic heterocycles. The Morgan fingerprint density at radius 2 is 1.56 bits per heavy atom. The Bertz CT molecular complexity index is 1630. The second kappa shape index (κ2) is 14.0. The van der Waals surface area contributed by atoms with Crippen molar-refractivity contribution in [3.63, 3.8) is 0 Å². The summed E-state index contributed by atoms with van der Waals surface area (Å²) in [5.74, 6) is 0.547. The Labute approximate surface area is 272 Å². The van der Waals surface area contributed by atoms with E-state index >= 15 is 0 Å². The average molecular weight is 772 g/mol. The number of ketones is 1. The molecular formula is C37H47IrN2O2Si-. The third-order valence-electron chi connectivity index (χ3n) is 9.05. The van der Waals surface area contributed by atoms with E-state index in [4.69, 9.17) is 4.98 Å². The third kappa shape index (κ3) is 7.03. The summed E-state index contributed by atoms with van der Waals surface area (Å²) in [6.45, 7) is 20.0. The topological polar surface area (TPSA) is 63.1 Å². The molecule has 5 rings (SSSR count). The van der Waals surface area contributed by atoms with Gasteiger partial charge in [0.1, 0.15) is 0 Å². The number of aromatic nitrogens is 2. The van der Waals surface area contributed by atoms with Gasteiger partial charge in [0, 0.05) is 50.4 Å². The van der Waals surface area contributed by atoms with Gasteiger partial charge in [-0.3, -0.25) is 9.78 Å². The molecule has 2 aromatic carbocycles. The van der Waals surface area contributed by atoms with Crippen molar-refractivity contribution < 1.29 is 30.0 Å². The number of rotatable bonds is 8. The molecule has 2 heterocycles. The molecule has 1 aliphatic rings. The molecule has 1 radical (unpaired) electrons. The van der Waals surface area contributed by atoms with Crippen molar-refractivity contribution in [2.75, 3.05) is 0 Å². The fraction of sp³-hybridized carbons (Fsp3) is 0.432. The Kier molecular flexibility index (Phi) is 11.3. The van der Waals surface area contributed by atoms with Crippen LogP contribution in [0.3, 0.4) is 0 Å². The standard InChI is InChI=1S/C24H23N2Si.C13H24O2.Ir/c1-24(2)19-12-15-7-6-9-25-21(15)14-18(19)23-22-16(8-10-26-23)11-17(13-20(22)24)27(3,4)5;1-5-10(6-2)12(14)9-13(15)11(7-3)8-4;/h6-13H,1-5H3;9-11,14H,5-8H2,1-4H3;/q-1;;/b;12-9-;. The van der Waals surface area contributed by atoms with E-state index in [9.17, 15) is 9.90 Å². The van der Waals surface area contributed by atoms with Crippen molar-refractivity contribution in [3.05, 3.63) is 77.8 Å². The van der Waals surface area contributed by atoms with Crippen molar-refractivity contribution in [2.45, 2.75) is 92.3 Å². The van der Waals surface area contributed by atoms with E-state index in [0.717, 1.165) is 47.8 Å². The van der Waals surface area contributed by atoms with Crippen LogP contribution in [0.1, 0.15) is 78.4 Å². The number of pyridine rings is 2. The van der Waals surface area contributed by atoms with Crippen LogP contribution in [-0.2, 0) is 30.3 Å². The summed E-state index contributed by atoms with van der Waals surface area (Å²) in [5.41, 5.74) is 5.65. The summed E-state index contributed by atoms with van der Waals surface area (Å²) in [5, 5.41) is 15.0. The van der Waals surface area contributed by atoms with Gasteiger partial charge in [-0.25, -0.2) is 0 Å². The van der Waals surface area contributed by atoms with Crippen LogP contribution >= 0.6 is 0 Å². The first-order valence-electron chi connectivity index (χ1n) is 15.6. The van der Waals surface area contributed by atoms with Gasteiger partial charge in [-0.2, -0.15) is 0 Å². The van der Waals surface area contributed by atoms with Gasteiger partial charge in [-0.15, -0.1) is 23.3 Å². The van der Waals surface area contributed by atoms with E-state index in [1.54, 1.807) is 0 Å². The van der Waals surface area contributed by atoms with Crippen LogP contribution in [0.4, 0.5) is 0 Å². The number of nitrogens with zero attached hydrogens (tertiary/aromatic N) is 2. The zero-order valence-corrected chi connectivity index (χ0v) is 30.7. The number of aliphatic hydroxyl groups is 1. The molecule has 1 aliphatic carbocycles. The summed E-state index contributed by atoms with van der Waals surface area (Å²) < 4.78 is 0. The van der Waals surface area contributed by atoms with E-state index in [0.29, 0.717) is 0 Å². The van der Waals surface area contributed by atoms with Crippen molar-refractivity contribution in [1.82, 2.24) is 9.97 Å². The van der Waals surface area contributed by atoms with Crippen molar-refractivity contribution >= 4 is 40.7 Å². The molecule has 0 atom stereocenters. The third-order valence-corrected chi connectivity index (χ3v) is 11.1. The quantitative estimate of drug-likeness (QED) is 0.0840. The maximum Gasteiger partial charge on any atom is 0.162 e. The maximum atomic E-state index is 11.7. The van der Waals surface area contributed by atoms with Gasteiger partial charge in [-0.05, 0) is 64.7 Å². The number of aliphatic hydroxyl groups excluding tert-OH is 1. The summed E-state index contributed by atoms with van der Waals surface area (Å²) in [4.78, 5) is 21.0.